The van der Waals surface area contributed by atoms with E-state index in [9.17, 15) is 0 Å². The van der Waals surface area contributed by atoms with E-state index in [1.165, 1.54) is 6.42 Å². The number of ether oxygens (including phenoxy) is 1. The second-order valence-corrected chi connectivity index (χ2v) is 6.64. The smallest absolute Gasteiger partial charge is 0.0822 e. The minimum atomic E-state index is -0.161. The molecule has 0 aromatic carbocycles. The van der Waals surface area contributed by atoms with Crippen LogP contribution in [0.4, 0.5) is 0 Å². The summed E-state index contributed by atoms with van der Waals surface area (Å²) in [4.78, 5) is 0. The lowest BCUT2D eigenvalue weighted by Gasteiger charge is -2.32. The largest absolute Gasteiger partial charge is 0.373 e. The molecule has 0 aliphatic rings. The Morgan fingerprint density at radius 2 is 1.89 bits per heavy atom. The van der Waals surface area contributed by atoms with E-state index in [2.05, 4.69) is 51.9 Å². The molecule has 0 saturated carbocycles. The van der Waals surface area contributed by atoms with Crippen LogP contribution in [0.3, 0.4) is 0 Å². The summed E-state index contributed by atoms with van der Waals surface area (Å²) in [7, 11) is 0. The molecule has 0 aliphatic carbocycles. The summed E-state index contributed by atoms with van der Waals surface area (Å²) < 4.78 is 7.93. The molecule has 0 fully saturated rings. The highest BCUT2D eigenvalue weighted by molar-refractivity contribution is 4.81. The molecule has 1 rings (SSSR count). The summed E-state index contributed by atoms with van der Waals surface area (Å²) in [5, 5.41) is 7.90. The van der Waals surface area contributed by atoms with Crippen LogP contribution in [0.25, 0.3) is 0 Å². The van der Waals surface area contributed by atoms with Gasteiger partial charge in [0, 0.05) is 6.20 Å². The molecule has 1 heterocycles. The van der Waals surface area contributed by atoms with Gasteiger partial charge in [-0.25, -0.2) is 4.68 Å². The number of rotatable bonds is 7. The summed E-state index contributed by atoms with van der Waals surface area (Å²) >= 11 is 0. The van der Waals surface area contributed by atoms with Crippen molar-refractivity contribution in [1.82, 2.24) is 15.0 Å². The Balaban J connectivity index is 2.48. The summed E-state index contributed by atoms with van der Waals surface area (Å²) in [6.45, 7) is 13.7. The number of nitrogens with zero attached hydrogens (tertiary/aromatic N) is 3. The lowest BCUT2D eigenvalue weighted by Crippen LogP contribution is -2.37. The van der Waals surface area contributed by atoms with Crippen molar-refractivity contribution in [2.75, 3.05) is 6.61 Å². The van der Waals surface area contributed by atoms with Crippen molar-refractivity contribution in [2.24, 2.45) is 5.92 Å². The van der Waals surface area contributed by atoms with Crippen LogP contribution in [0, 0.1) is 5.92 Å². The SMILES string of the molecule is CC(C)CCC(C)(C)OCC(C)(C)n1ccnn1. The van der Waals surface area contributed by atoms with Gasteiger partial charge in [0.2, 0.25) is 0 Å². The van der Waals surface area contributed by atoms with Crippen molar-refractivity contribution in [3.8, 4) is 0 Å². The molecule has 104 valence electrons. The van der Waals surface area contributed by atoms with Crippen LogP contribution in [-0.4, -0.2) is 27.2 Å². The zero-order valence-corrected chi connectivity index (χ0v) is 12.6. The van der Waals surface area contributed by atoms with E-state index < -0.39 is 0 Å². The number of aromatic nitrogens is 3. The molecule has 0 radical (unpaired) electrons. The molecular formula is C14H27N3O. The van der Waals surface area contributed by atoms with E-state index >= 15 is 0 Å². The Bertz CT molecular complexity index is 342. The highest BCUT2D eigenvalue weighted by Gasteiger charge is 2.26. The topological polar surface area (TPSA) is 39.9 Å². The van der Waals surface area contributed by atoms with Gasteiger partial charge in [-0.2, -0.15) is 0 Å². The van der Waals surface area contributed by atoms with E-state index in [4.69, 9.17) is 4.74 Å². The first kappa shape index (κ1) is 15.2. The van der Waals surface area contributed by atoms with Gasteiger partial charge in [0.15, 0.2) is 0 Å². The standard InChI is InChI=1S/C14H27N3O/c1-12(2)7-8-14(5,6)18-11-13(3,4)17-10-9-15-16-17/h9-10,12H,7-8,11H2,1-6H3. The van der Waals surface area contributed by atoms with Gasteiger partial charge in [0.1, 0.15) is 0 Å². The van der Waals surface area contributed by atoms with Gasteiger partial charge in [0.05, 0.1) is 23.9 Å². The maximum absolute atomic E-state index is 6.08. The maximum Gasteiger partial charge on any atom is 0.0822 e. The third-order valence-electron chi connectivity index (χ3n) is 3.18. The fraction of sp³-hybridized carbons (Fsp3) is 0.857. The Morgan fingerprint density at radius 3 is 2.39 bits per heavy atom. The first-order valence-corrected chi connectivity index (χ1v) is 6.74. The van der Waals surface area contributed by atoms with Crippen molar-refractivity contribution >= 4 is 0 Å². The van der Waals surface area contributed by atoms with Crippen molar-refractivity contribution in [2.45, 2.75) is 65.5 Å². The fourth-order valence-corrected chi connectivity index (χ4v) is 1.68. The molecule has 1 aromatic rings. The van der Waals surface area contributed by atoms with Crippen molar-refractivity contribution in [3.05, 3.63) is 12.4 Å². The van der Waals surface area contributed by atoms with E-state index in [0.29, 0.717) is 6.61 Å². The second-order valence-electron chi connectivity index (χ2n) is 6.64. The first-order valence-electron chi connectivity index (χ1n) is 6.74. The van der Waals surface area contributed by atoms with Crippen molar-refractivity contribution in [1.29, 1.82) is 0 Å². The van der Waals surface area contributed by atoms with Crippen LogP contribution in [0.2, 0.25) is 0 Å². The molecule has 0 spiro atoms. The molecule has 0 N–H and O–H groups in total. The molecule has 0 amide bonds. The molecule has 18 heavy (non-hydrogen) atoms. The molecule has 0 unspecified atom stereocenters. The van der Waals surface area contributed by atoms with Crippen LogP contribution < -0.4 is 0 Å². The van der Waals surface area contributed by atoms with Crippen LogP contribution in [0.1, 0.15) is 54.4 Å². The summed E-state index contributed by atoms with van der Waals surface area (Å²) in [6.07, 6.45) is 5.85. The average Bonchev–Trinajstić information content (AvgIpc) is 2.78. The van der Waals surface area contributed by atoms with E-state index in [1.54, 1.807) is 6.20 Å². The summed E-state index contributed by atoms with van der Waals surface area (Å²) in [5.74, 6) is 0.719. The Labute approximate surface area is 111 Å². The summed E-state index contributed by atoms with van der Waals surface area (Å²) in [6, 6.07) is 0. The van der Waals surface area contributed by atoms with Gasteiger partial charge in [-0.05, 0) is 46.5 Å². The van der Waals surface area contributed by atoms with Gasteiger partial charge in [-0.1, -0.05) is 19.1 Å². The Morgan fingerprint density at radius 1 is 1.22 bits per heavy atom. The maximum atomic E-state index is 6.08. The van der Waals surface area contributed by atoms with Gasteiger partial charge >= 0.3 is 0 Å². The van der Waals surface area contributed by atoms with Crippen LogP contribution >= 0.6 is 0 Å². The first-order chi connectivity index (χ1) is 8.23. The van der Waals surface area contributed by atoms with Crippen LogP contribution in [0.5, 0.6) is 0 Å². The molecule has 0 atom stereocenters. The third kappa shape index (κ3) is 4.77. The average molecular weight is 253 g/mol. The third-order valence-corrected chi connectivity index (χ3v) is 3.18. The monoisotopic (exact) mass is 253 g/mol. The molecule has 0 bridgehead atoms. The Hall–Kier alpha value is -0.900. The van der Waals surface area contributed by atoms with Gasteiger partial charge in [-0.15, -0.1) is 5.10 Å². The van der Waals surface area contributed by atoms with E-state index in [0.717, 1.165) is 12.3 Å². The Kier molecular flexibility index (Phi) is 4.91. The highest BCUT2D eigenvalue weighted by atomic mass is 16.5. The molecule has 4 nitrogen and oxygen atoms in total. The highest BCUT2D eigenvalue weighted by Crippen LogP contribution is 2.23. The van der Waals surface area contributed by atoms with E-state index in [1.807, 2.05) is 10.9 Å². The molecule has 1 aromatic heterocycles. The van der Waals surface area contributed by atoms with Crippen molar-refractivity contribution in [3.63, 3.8) is 0 Å². The predicted molar refractivity (Wildman–Crippen MR) is 73.4 cm³/mol. The van der Waals surface area contributed by atoms with Crippen LogP contribution in [-0.2, 0) is 10.3 Å². The second kappa shape index (κ2) is 5.83. The number of hydrogen-bond acceptors (Lipinski definition) is 3. The lowest BCUT2D eigenvalue weighted by atomic mass is 9.96. The normalized spacial score (nSPS) is 13.3. The van der Waals surface area contributed by atoms with Crippen molar-refractivity contribution < 1.29 is 4.74 Å². The molecular weight excluding hydrogens is 226 g/mol. The zero-order chi connectivity index (χ0) is 13.8. The minimum absolute atomic E-state index is 0.0812. The van der Waals surface area contributed by atoms with Crippen LogP contribution in [0.15, 0.2) is 12.4 Å². The molecule has 0 saturated heterocycles. The van der Waals surface area contributed by atoms with E-state index in [-0.39, 0.29) is 11.1 Å². The number of hydrogen-bond donors (Lipinski definition) is 0. The molecule has 4 heteroatoms. The fourth-order valence-electron chi connectivity index (χ4n) is 1.68. The summed E-state index contributed by atoms with van der Waals surface area (Å²) in [5.41, 5.74) is -0.242. The zero-order valence-electron chi connectivity index (χ0n) is 12.6. The van der Waals surface area contributed by atoms with Gasteiger partial charge in [0.25, 0.3) is 0 Å². The molecule has 0 aliphatic heterocycles. The quantitative estimate of drug-likeness (QED) is 0.749. The predicted octanol–water partition coefficient (Wildman–Crippen LogP) is 3.24. The minimum Gasteiger partial charge on any atom is -0.373 e. The lowest BCUT2D eigenvalue weighted by molar-refractivity contribution is -0.0605. The van der Waals surface area contributed by atoms with Gasteiger partial charge < -0.3 is 4.74 Å². The van der Waals surface area contributed by atoms with Gasteiger partial charge in [-0.3, -0.25) is 0 Å².